The molecular formula is C38H38F6N2O4. The van der Waals surface area contributed by atoms with E-state index in [9.17, 15) is 46.1 Å². The van der Waals surface area contributed by atoms with Crippen molar-refractivity contribution in [1.82, 2.24) is 0 Å². The molecule has 266 valence electrons. The van der Waals surface area contributed by atoms with Crippen LogP contribution in [0.4, 0.5) is 37.7 Å². The zero-order valence-electron chi connectivity index (χ0n) is 28.1. The number of anilines is 2. The Morgan fingerprint density at radius 1 is 0.700 bits per heavy atom. The van der Waals surface area contributed by atoms with E-state index in [1.807, 2.05) is 13.8 Å². The number of alkyl halides is 6. The molecule has 2 atom stereocenters. The molecule has 0 aliphatic heterocycles. The Morgan fingerprint density at radius 2 is 1.18 bits per heavy atom. The van der Waals surface area contributed by atoms with E-state index >= 15 is 0 Å². The highest BCUT2D eigenvalue weighted by Crippen LogP contribution is 2.57. The minimum absolute atomic E-state index is 0.0181. The molecule has 0 saturated carbocycles. The summed E-state index contributed by atoms with van der Waals surface area (Å²) >= 11 is 0. The number of carbonyl (C=O) groups excluding carboxylic acids is 2. The molecule has 0 spiro atoms. The van der Waals surface area contributed by atoms with Crippen LogP contribution in [0.5, 0.6) is 11.5 Å². The third kappa shape index (κ3) is 7.15. The smallest absolute Gasteiger partial charge is 0.411 e. The van der Waals surface area contributed by atoms with Gasteiger partial charge in [-0.15, -0.1) is 0 Å². The number of phenolic OH excluding ortho intramolecular Hbond substituents is 2. The molecule has 0 aromatic heterocycles. The average molecular weight is 701 g/mol. The highest BCUT2D eigenvalue weighted by molar-refractivity contribution is 6.06. The zero-order chi connectivity index (χ0) is 37.2. The molecule has 0 heterocycles. The SMILES string of the molecule is CCC(C)Nc1cc(C(c2ccc(O)c(N(C)C(=O)c3ccc(-c4ccc(C(=O)C(C)CC)cc4)cc3)c2)(C(F)(F)F)C(F)(F)F)ccc1O. The van der Waals surface area contributed by atoms with Crippen LogP contribution in [0.2, 0.25) is 0 Å². The first-order valence-corrected chi connectivity index (χ1v) is 16.0. The Hall–Kier alpha value is -5.00. The molecule has 0 bridgehead atoms. The van der Waals surface area contributed by atoms with Crippen molar-refractivity contribution in [3.63, 3.8) is 0 Å². The van der Waals surface area contributed by atoms with Gasteiger partial charge in [-0.25, -0.2) is 0 Å². The number of benzene rings is 4. The van der Waals surface area contributed by atoms with Crippen LogP contribution in [0.25, 0.3) is 11.1 Å². The largest absolute Gasteiger partial charge is 0.506 e. The molecule has 0 saturated heterocycles. The van der Waals surface area contributed by atoms with E-state index in [4.69, 9.17) is 0 Å². The lowest BCUT2D eigenvalue weighted by atomic mass is 9.72. The first-order valence-electron chi connectivity index (χ1n) is 16.0. The second-order valence-electron chi connectivity index (χ2n) is 12.3. The first-order chi connectivity index (χ1) is 23.4. The number of aromatic hydroxyl groups is 2. The van der Waals surface area contributed by atoms with Crippen molar-refractivity contribution in [3.8, 4) is 22.6 Å². The van der Waals surface area contributed by atoms with Crippen LogP contribution in [0.1, 0.15) is 72.4 Å². The normalized spacial score (nSPS) is 13.4. The number of rotatable bonds is 11. The van der Waals surface area contributed by atoms with Gasteiger partial charge in [-0.3, -0.25) is 9.59 Å². The molecule has 0 aliphatic rings. The molecule has 12 heteroatoms. The van der Waals surface area contributed by atoms with Crippen molar-refractivity contribution in [2.45, 2.75) is 64.3 Å². The van der Waals surface area contributed by atoms with E-state index < -0.39 is 52.0 Å². The maximum atomic E-state index is 15.0. The van der Waals surface area contributed by atoms with Gasteiger partial charge in [0.25, 0.3) is 5.91 Å². The summed E-state index contributed by atoms with van der Waals surface area (Å²) in [6, 6.07) is 16.2. The number of phenols is 2. The van der Waals surface area contributed by atoms with Crippen molar-refractivity contribution >= 4 is 23.1 Å². The number of ketones is 1. The van der Waals surface area contributed by atoms with Crippen LogP contribution in [0.3, 0.4) is 0 Å². The number of halogens is 6. The number of hydrogen-bond acceptors (Lipinski definition) is 5. The standard InChI is InChI=1S/C38H38F6N2O4/c1-6-22(3)34(49)26-12-8-24(9-13-26)25-10-14-27(15-11-25)35(50)46(5)31-21-29(17-19-33(31)48)36(37(39,40)41,38(42,43)44)28-16-18-32(47)30(20-28)45-23(4)7-2/h8-23,45,47-48H,6-7H2,1-5H3. The number of nitrogens with zero attached hydrogens (tertiary/aromatic N) is 1. The molecule has 1 amide bonds. The van der Waals surface area contributed by atoms with E-state index in [1.54, 1.807) is 50.2 Å². The van der Waals surface area contributed by atoms with Crippen LogP contribution in [0.15, 0.2) is 84.9 Å². The number of Topliss-reactive ketones (excluding diaryl/α,β-unsaturated/α-hetero) is 1. The molecular weight excluding hydrogens is 662 g/mol. The van der Waals surface area contributed by atoms with Gasteiger partial charge in [0.15, 0.2) is 5.78 Å². The second kappa shape index (κ2) is 14.5. The number of carbonyl (C=O) groups is 2. The summed E-state index contributed by atoms with van der Waals surface area (Å²) in [5, 5.41) is 23.6. The molecule has 4 aromatic carbocycles. The van der Waals surface area contributed by atoms with Gasteiger partial charge in [0, 0.05) is 30.1 Å². The van der Waals surface area contributed by atoms with Crippen molar-refractivity contribution in [3.05, 3.63) is 107 Å². The zero-order valence-corrected chi connectivity index (χ0v) is 28.1. The fourth-order valence-corrected chi connectivity index (χ4v) is 5.66. The van der Waals surface area contributed by atoms with Gasteiger partial charge in [0.05, 0.1) is 11.4 Å². The van der Waals surface area contributed by atoms with Crippen LogP contribution < -0.4 is 10.2 Å². The summed E-state index contributed by atoms with van der Waals surface area (Å²) in [4.78, 5) is 26.7. The van der Waals surface area contributed by atoms with Gasteiger partial charge < -0.3 is 20.4 Å². The Labute approximate surface area is 286 Å². The third-order valence-electron chi connectivity index (χ3n) is 9.06. The van der Waals surface area contributed by atoms with Crippen LogP contribution in [0, 0.1) is 5.92 Å². The monoisotopic (exact) mass is 700 g/mol. The van der Waals surface area contributed by atoms with Gasteiger partial charge in [-0.2, -0.15) is 26.3 Å². The summed E-state index contributed by atoms with van der Waals surface area (Å²) < 4.78 is 89.9. The Kier molecular flexibility index (Phi) is 10.9. The van der Waals surface area contributed by atoms with Crippen molar-refractivity contribution in [2.75, 3.05) is 17.3 Å². The van der Waals surface area contributed by atoms with Gasteiger partial charge in [-0.1, -0.05) is 69.3 Å². The predicted octanol–water partition coefficient (Wildman–Crippen LogP) is 9.89. The van der Waals surface area contributed by atoms with Crippen molar-refractivity contribution < 1.29 is 46.1 Å². The number of nitrogens with one attached hydrogen (secondary N) is 1. The van der Waals surface area contributed by atoms with E-state index in [0.29, 0.717) is 54.3 Å². The highest BCUT2D eigenvalue weighted by atomic mass is 19.4. The van der Waals surface area contributed by atoms with E-state index in [0.717, 1.165) is 23.6 Å². The maximum Gasteiger partial charge on any atom is 0.411 e. The lowest BCUT2D eigenvalue weighted by Crippen LogP contribution is -2.54. The summed E-state index contributed by atoms with van der Waals surface area (Å²) in [5.41, 5.74) is -6.00. The fraction of sp³-hybridized carbons (Fsp3) is 0.316. The first kappa shape index (κ1) is 37.8. The minimum Gasteiger partial charge on any atom is -0.506 e. The third-order valence-corrected chi connectivity index (χ3v) is 9.06. The lowest BCUT2D eigenvalue weighted by molar-refractivity contribution is -0.288. The van der Waals surface area contributed by atoms with Crippen molar-refractivity contribution in [1.29, 1.82) is 0 Å². The molecule has 2 unspecified atom stereocenters. The molecule has 0 fully saturated rings. The Morgan fingerprint density at radius 3 is 1.66 bits per heavy atom. The van der Waals surface area contributed by atoms with Crippen molar-refractivity contribution in [2.24, 2.45) is 5.92 Å². The predicted molar refractivity (Wildman–Crippen MR) is 181 cm³/mol. The average Bonchev–Trinajstić information content (AvgIpc) is 3.08. The number of amides is 1. The quantitative estimate of drug-likeness (QED) is 0.0824. The topological polar surface area (TPSA) is 89.9 Å². The molecule has 4 aromatic rings. The molecule has 4 rings (SSSR count). The summed E-state index contributed by atoms with van der Waals surface area (Å²) in [7, 11) is 1.12. The Balaban J connectivity index is 1.74. The van der Waals surface area contributed by atoms with Crippen LogP contribution >= 0.6 is 0 Å². The maximum absolute atomic E-state index is 15.0. The Bertz CT molecular complexity index is 1820. The summed E-state index contributed by atoms with van der Waals surface area (Å²) in [5.74, 6) is -2.18. The summed E-state index contributed by atoms with van der Waals surface area (Å²) in [6.07, 6.45) is -10.7. The minimum atomic E-state index is -5.96. The van der Waals surface area contributed by atoms with E-state index in [1.165, 1.54) is 12.1 Å². The number of hydrogen-bond donors (Lipinski definition) is 3. The highest BCUT2D eigenvalue weighted by Gasteiger charge is 2.72. The van der Waals surface area contributed by atoms with Gasteiger partial charge in [0.1, 0.15) is 11.5 Å². The van der Waals surface area contributed by atoms with Crippen LogP contribution in [-0.2, 0) is 5.41 Å². The van der Waals surface area contributed by atoms with Gasteiger partial charge >= 0.3 is 12.4 Å². The fourth-order valence-electron chi connectivity index (χ4n) is 5.66. The van der Waals surface area contributed by atoms with Crippen LogP contribution in [-0.4, -0.2) is 47.3 Å². The molecule has 50 heavy (non-hydrogen) atoms. The molecule has 3 N–H and O–H groups in total. The van der Waals surface area contributed by atoms with Gasteiger partial charge in [0.2, 0.25) is 5.41 Å². The molecule has 0 radical (unpaired) electrons. The van der Waals surface area contributed by atoms with Gasteiger partial charge in [-0.05, 0) is 78.4 Å². The molecule has 0 aliphatic carbocycles. The molecule has 6 nitrogen and oxygen atoms in total. The lowest BCUT2D eigenvalue weighted by Gasteiger charge is -2.39. The van der Waals surface area contributed by atoms with E-state index in [2.05, 4.69) is 5.32 Å². The summed E-state index contributed by atoms with van der Waals surface area (Å²) in [6.45, 7) is 7.16. The van der Waals surface area contributed by atoms with E-state index in [-0.39, 0.29) is 29.0 Å². The second-order valence-corrected chi connectivity index (χ2v) is 12.3.